The summed E-state index contributed by atoms with van der Waals surface area (Å²) in [6, 6.07) is 19.0. The van der Waals surface area contributed by atoms with Crippen LogP contribution in [-0.2, 0) is 0 Å². The molecular formula is C22H27ClN4. The number of aryl methyl sites for hydroxylation is 1. The van der Waals surface area contributed by atoms with Crippen molar-refractivity contribution in [2.45, 2.75) is 33.7 Å². The molecule has 5 heteroatoms. The lowest BCUT2D eigenvalue weighted by Crippen LogP contribution is -3.00. The summed E-state index contributed by atoms with van der Waals surface area (Å²) >= 11 is 0. The van der Waals surface area contributed by atoms with Gasteiger partial charge in [0.15, 0.2) is 0 Å². The quantitative estimate of drug-likeness (QED) is 0.489. The van der Waals surface area contributed by atoms with Crippen LogP contribution in [0, 0.1) is 12.8 Å². The number of guanidine groups is 1. The zero-order valence-corrected chi connectivity index (χ0v) is 17.0. The molecule has 27 heavy (non-hydrogen) atoms. The van der Waals surface area contributed by atoms with Gasteiger partial charge in [0.2, 0.25) is 0 Å². The summed E-state index contributed by atoms with van der Waals surface area (Å²) in [5.74, 6) is 1.27. The second-order valence-electron chi connectivity index (χ2n) is 7.04. The average Bonchev–Trinajstić information content (AvgIpc) is 2.67. The van der Waals surface area contributed by atoms with Gasteiger partial charge in [-0.25, -0.2) is 5.32 Å². The summed E-state index contributed by atoms with van der Waals surface area (Å²) in [7, 11) is 0. The average molecular weight is 383 g/mol. The van der Waals surface area contributed by atoms with E-state index in [0.29, 0.717) is 5.92 Å². The molecule has 0 saturated heterocycles. The Balaban J connectivity index is 0.00000261. The molecule has 142 valence electrons. The van der Waals surface area contributed by atoms with E-state index in [9.17, 15) is 0 Å². The van der Waals surface area contributed by atoms with Crippen molar-refractivity contribution in [1.82, 2.24) is 10.7 Å². The van der Waals surface area contributed by atoms with Crippen molar-refractivity contribution < 1.29 is 17.4 Å². The van der Waals surface area contributed by atoms with E-state index in [4.69, 9.17) is 0 Å². The first-order chi connectivity index (χ1) is 12.5. The van der Waals surface area contributed by atoms with Crippen molar-refractivity contribution in [3.05, 3.63) is 77.4 Å². The molecule has 2 aromatic rings. The summed E-state index contributed by atoms with van der Waals surface area (Å²) < 4.78 is 0. The number of halogens is 1. The maximum absolute atomic E-state index is 4.55. The molecule has 0 aliphatic carbocycles. The molecule has 1 aliphatic heterocycles. The normalized spacial score (nSPS) is 16.8. The van der Waals surface area contributed by atoms with Crippen LogP contribution in [0.4, 0.5) is 0 Å². The zero-order valence-electron chi connectivity index (χ0n) is 16.3. The minimum atomic E-state index is 0. The fourth-order valence-corrected chi connectivity index (χ4v) is 2.80. The summed E-state index contributed by atoms with van der Waals surface area (Å²) in [5, 5.41) is 7.97. The second-order valence-corrected chi connectivity index (χ2v) is 7.04. The van der Waals surface area contributed by atoms with Crippen LogP contribution in [0.2, 0.25) is 0 Å². The molecule has 1 heterocycles. The van der Waals surface area contributed by atoms with Gasteiger partial charge in [0.25, 0.3) is 0 Å². The molecule has 4 nitrogen and oxygen atoms in total. The number of hydrazone groups is 1. The van der Waals surface area contributed by atoms with E-state index in [1.165, 1.54) is 5.56 Å². The molecular weight excluding hydrogens is 356 g/mol. The first-order valence-electron chi connectivity index (χ1n) is 9.08. The molecule has 0 bridgehead atoms. The minimum absolute atomic E-state index is 0. The van der Waals surface area contributed by atoms with Gasteiger partial charge >= 0.3 is 5.96 Å². The lowest BCUT2D eigenvalue weighted by atomic mass is 10.0. The molecule has 0 amide bonds. The van der Waals surface area contributed by atoms with E-state index in [0.717, 1.165) is 28.5 Å². The Morgan fingerprint density at radius 2 is 1.74 bits per heavy atom. The highest BCUT2D eigenvalue weighted by atomic mass is 35.5. The topological polar surface area (TPSA) is 50.4 Å². The second kappa shape index (κ2) is 9.38. The molecule has 0 saturated carbocycles. The van der Waals surface area contributed by atoms with Gasteiger partial charge in [-0.05, 0) is 31.4 Å². The first-order valence-corrected chi connectivity index (χ1v) is 9.08. The lowest BCUT2D eigenvalue weighted by Gasteiger charge is -2.19. The van der Waals surface area contributed by atoms with Crippen LogP contribution in [0.3, 0.4) is 0 Å². The monoisotopic (exact) mass is 382 g/mol. The van der Waals surface area contributed by atoms with E-state index in [-0.39, 0.29) is 18.4 Å². The van der Waals surface area contributed by atoms with Crippen LogP contribution in [0.25, 0.3) is 5.70 Å². The van der Waals surface area contributed by atoms with Crippen LogP contribution >= 0.6 is 0 Å². The van der Waals surface area contributed by atoms with Gasteiger partial charge in [-0.3, -0.25) is 4.99 Å². The predicted molar refractivity (Wildman–Crippen MR) is 109 cm³/mol. The highest BCUT2D eigenvalue weighted by Gasteiger charge is 2.23. The minimum Gasteiger partial charge on any atom is -1.00 e. The third-order valence-corrected chi connectivity index (χ3v) is 4.52. The van der Waals surface area contributed by atoms with Gasteiger partial charge in [0.05, 0.1) is 11.8 Å². The molecule has 3 N–H and O–H groups in total. The van der Waals surface area contributed by atoms with Crippen LogP contribution < -0.4 is 28.1 Å². The summed E-state index contributed by atoms with van der Waals surface area (Å²) in [6.45, 7) is 8.51. The molecule has 1 aliphatic rings. The number of hydrogen-bond acceptors (Lipinski definition) is 3. The number of hydrogen-bond donors (Lipinski definition) is 3. The Hall–Kier alpha value is -2.59. The van der Waals surface area contributed by atoms with Crippen LogP contribution in [0.15, 0.2) is 65.8 Å². The zero-order chi connectivity index (χ0) is 18.5. The summed E-state index contributed by atoms with van der Waals surface area (Å²) in [5.41, 5.74) is 8.72. The maximum atomic E-state index is 4.55. The van der Waals surface area contributed by atoms with Crippen molar-refractivity contribution >= 4 is 17.4 Å². The third kappa shape index (κ3) is 5.44. The van der Waals surface area contributed by atoms with Crippen molar-refractivity contribution in [3.8, 4) is 0 Å². The molecule has 1 unspecified atom stereocenters. The van der Waals surface area contributed by atoms with Gasteiger partial charge < -0.3 is 12.4 Å². The molecule has 0 spiro atoms. The highest BCUT2D eigenvalue weighted by Crippen LogP contribution is 2.14. The van der Waals surface area contributed by atoms with Gasteiger partial charge in [0, 0.05) is 5.56 Å². The molecule has 3 rings (SSSR count). The molecule has 1 atom stereocenters. The van der Waals surface area contributed by atoms with E-state index < -0.39 is 0 Å². The molecule has 0 aromatic heterocycles. The Morgan fingerprint density at radius 1 is 1.07 bits per heavy atom. The van der Waals surface area contributed by atoms with Crippen molar-refractivity contribution in [1.29, 1.82) is 0 Å². The highest BCUT2D eigenvalue weighted by molar-refractivity contribution is 5.99. The Morgan fingerprint density at radius 3 is 2.37 bits per heavy atom. The first kappa shape index (κ1) is 20.7. The molecule has 0 fully saturated rings. The van der Waals surface area contributed by atoms with Crippen molar-refractivity contribution in [2.24, 2.45) is 11.0 Å². The fraction of sp³-hybridized carbons (Fsp3) is 0.273. The Kier molecular flexibility index (Phi) is 7.19. The van der Waals surface area contributed by atoms with Gasteiger partial charge in [-0.15, -0.1) is 5.10 Å². The fourth-order valence-electron chi connectivity index (χ4n) is 2.80. The van der Waals surface area contributed by atoms with Gasteiger partial charge in [-0.1, -0.05) is 74.0 Å². The predicted octanol–water partition coefficient (Wildman–Crippen LogP) is -0.582. The lowest BCUT2D eigenvalue weighted by molar-refractivity contribution is -0.503. The number of rotatable bonds is 4. The SMILES string of the molecule is C/C(=N\NC1=[NH+]C(C(C)C)C=C(c2ccccc2)N1)c1ccc(C)cc1.[Cl-]. The van der Waals surface area contributed by atoms with E-state index in [2.05, 4.69) is 96.2 Å². The molecule has 0 radical (unpaired) electrons. The smallest absolute Gasteiger partial charge is 0.372 e. The van der Waals surface area contributed by atoms with Crippen molar-refractivity contribution in [3.63, 3.8) is 0 Å². The summed E-state index contributed by atoms with van der Waals surface area (Å²) in [6.07, 6.45) is 2.24. The van der Waals surface area contributed by atoms with E-state index >= 15 is 0 Å². The largest absolute Gasteiger partial charge is 1.00 e. The maximum Gasteiger partial charge on any atom is 0.372 e. The van der Waals surface area contributed by atoms with E-state index in [1.807, 2.05) is 13.0 Å². The van der Waals surface area contributed by atoms with Crippen LogP contribution in [0.1, 0.15) is 37.5 Å². The van der Waals surface area contributed by atoms with Gasteiger partial charge in [-0.2, -0.15) is 5.43 Å². The van der Waals surface area contributed by atoms with Crippen molar-refractivity contribution in [2.75, 3.05) is 0 Å². The van der Waals surface area contributed by atoms with Crippen LogP contribution in [-0.4, -0.2) is 17.7 Å². The Labute approximate surface area is 167 Å². The van der Waals surface area contributed by atoms with Crippen LogP contribution in [0.5, 0.6) is 0 Å². The third-order valence-electron chi connectivity index (χ3n) is 4.52. The number of nitrogens with zero attached hydrogens (tertiary/aromatic N) is 1. The Bertz CT molecular complexity index is 836. The molecule has 2 aromatic carbocycles. The standard InChI is InChI=1S/C22H26N4.ClH/c1-15(2)20-14-21(19-8-6-5-7-9-19)24-22(23-20)26-25-17(4)18-12-10-16(3)11-13-18;/h5-15,20H,1-4H3,(H2,23,24,26);1H/b25-17+;. The van der Waals surface area contributed by atoms with E-state index in [1.54, 1.807) is 0 Å². The van der Waals surface area contributed by atoms with Gasteiger partial charge in [0.1, 0.15) is 5.70 Å². The number of benzene rings is 2. The summed E-state index contributed by atoms with van der Waals surface area (Å²) in [4.78, 5) is 3.48. The number of nitrogens with one attached hydrogen (secondary N) is 3.